The van der Waals surface area contributed by atoms with Crippen molar-refractivity contribution >= 4 is 35.2 Å². The van der Waals surface area contributed by atoms with E-state index in [1.807, 2.05) is 31.1 Å². The molecule has 1 saturated heterocycles. The lowest BCUT2D eigenvalue weighted by atomic mass is 10.1. The molecule has 29 heavy (non-hydrogen) atoms. The number of nitrogens with one attached hydrogen (secondary N) is 2. The number of H-pyrrole nitrogens is 1. The molecule has 1 fully saturated rings. The highest BCUT2D eigenvalue weighted by Gasteiger charge is 2.24. The van der Waals surface area contributed by atoms with Gasteiger partial charge in [-0.05, 0) is 19.4 Å². The summed E-state index contributed by atoms with van der Waals surface area (Å²) in [5, 5.41) is 7.72. The van der Waals surface area contributed by atoms with Crippen LogP contribution < -0.4 is 10.2 Å². The Morgan fingerprint density at radius 2 is 2.24 bits per heavy atom. The number of amides is 1. The predicted molar refractivity (Wildman–Crippen MR) is 113 cm³/mol. The van der Waals surface area contributed by atoms with Crippen LogP contribution in [0.5, 0.6) is 0 Å². The Balaban J connectivity index is 0.000000174. The summed E-state index contributed by atoms with van der Waals surface area (Å²) in [6.45, 7) is 6.88. The van der Waals surface area contributed by atoms with Crippen LogP contribution in [-0.2, 0) is 17.8 Å². The average molecular weight is 416 g/mol. The molecule has 5 rings (SSSR count). The van der Waals surface area contributed by atoms with Crippen LogP contribution in [-0.4, -0.2) is 62.8 Å². The molecule has 2 aliphatic heterocycles. The van der Waals surface area contributed by atoms with Crippen molar-refractivity contribution in [2.75, 3.05) is 36.8 Å². The van der Waals surface area contributed by atoms with E-state index in [4.69, 9.17) is 4.52 Å². The molecule has 2 aliphatic rings. The number of nitrogens with zero attached hydrogens (tertiary/aromatic N) is 5. The van der Waals surface area contributed by atoms with Crippen LogP contribution >= 0.6 is 11.9 Å². The number of fused-ring (bicyclic) bond motifs is 2. The standard InChI is InChI=1S/C13H13N5O.C6H12N2OS/c1-8-10-6-18(5-3-11(10)19-17-8)13-9-2-4-14-12(9)15-7-16-13;9-6-7-2-5-10-8-3-1-4-8/h2,4,7H,3,5-6H2,1H3,(H,14,15,16);6H,1-5H2,(H,7,9). The molecule has 2 N–H and O–H groups in total. The fourth-order valence-corrected chi connectivity index (χ4v) is 4.33. The molecule has 5 heterocycles. The molecule has 0 saturated carbocycles. The van der Waals surface area contributed by atoms with Gasteiger partial charge in [0.1, 0.15) is 23.6 Å². The van der Waals surface area contributed by atoms with Gasteiger partial charge in [-0.25, -0.2) is 9.97 Å². The van der Waals surface area contributed by atoms with E-state index in [-0.39, 0.29) is 0 Å². The van der Waals surface area contributed by atoms with E-state index in [9.17, 15) is 4.79 Å². The quantitative estimate of drug-likeness (QED) is 0.357. The van der Waals surface area contributed by atoms with Gasteiger partial charge >= 0.3 is 0 Å². The van der Waals surface area contributed by atoms with Gasteiger partial charge in [-0.2, -0.15) is 0 Å². The molecule has 0 aromatic carbocycles. The maximum absolute atomic E-state index is 9.80. The number of aryl methyl sites for hydroxylation is 1. The molecule has 0 spiro atoms. The third-order valence-corrected chi connectivity index (χ3v) is 6.19. The van der Waals surface area contributed by atoms with Gasteiger partial charge in [-0.1, -0.05) is 17.1 Å². The zero-order valence-corrected chi connectivity index (χ0v) is 17.2. The molecule has 3 aromatic rings. The Hall–Kier alpha value is -2.59. The second-order valence-electron chi connectivity index (χ2n) is 6.97. The molecule has 0 unspecified atom stereocenters. The first-order valence-corrected chi connectivity index (χ1v) is 10.7. The van der Waals surface area contributed by atoms with Crippen LogP contribution in [0.15, 0.2) is 23.1 Å². The topological polar surface area (TPSA) is 103 Å². The van der Waals surface area contributed by atoms with Gasteiger partial charge in [-0.15, -0.1) is 0 Å². The summed E-state index contributed by atoms with van der Waals surface area (Å²) in [7, 11) is 0. The zero-order chi connectivity index (χ0) is 20.1. The summed E-state index contributed by atoms with van der Waals surface area (Å²) >= 11 is 1.82. The monoisotopic (exact) mass is 415 g/mol. The number of carbonyl (C=O) groups excluding carboxylic acids is 1. The van der Waals surface area contributed by atoms with Gasteiger partial charge in [0.25, 0.3) is 0 Å². The Kier molecular flexibility index (Phi) is 6.30. The lowest BCUT2D eigenvalue weighted by molar-refractivity contribution is -0.109. The van der Waals surface area contributed by atoms with Crippen molar-refractivity contribution in [1.82, 2.24) is 29.7 Å². The second-order valence-corrected chi connectivity index (χ2v) is 8.15. The van der Waals surface area contributed by atoms with E-state index < -0.39 is 0 Å². The first-order valence-electron chi connectivity index (χ1n) is 9.78. The van der Waals surface area contributed by atoms with E-state index in [2.05, 4.69) is 34.6 Å². The number of carbonyl (C=O) groups is 1. The smallest absolute Gasteiger partial charge is 0.207 e. The third-order valence-electron chi connectivity index (χ3n) is 5.07. The molecule has 1 amide bonds. The van der Waals surface area contributed by atoms with Crippen molar-refractivity contribution in [1.29, 1.82) is 0 Å². The van der Waals surface area contributed by atoms with E-state index in [1.165, 1.54) is 25.1 Å². The number of aromatic nitrogens is 4. The average Bonchev–Trinajstić information content (AvgIpc) is 3.33. The molecule has 3 aromatic heterocycles. The van der Waals surface area contributed by atoms with Crippen molar-refractivity contribution in [3.8, 4) is 0 Å². The van der Waals surface area contributed by atoms with E-state index in [0.717, 1.165) is 66.5 Å². The van der Waals surface area contributed by atoms with Crippen LogP contribution in [0.1, 0.15) is 23.4 Å². The highest BCUT2D eigenvalue weighted by Crippen LogP contribution is 2.28. The fourth-order valence-electron chi connectivity index (χ4n) is 3.34. The maximum atomic E-state index is 9.80. The SMILES string of the molecule is Cc1noc2c1CN(c1ncnc3[nH]ccc13)CC2.O=CNCCSN1CCC1. The van der Waals surface area contributed by atoms with Crippen LogP contribution in [0, 0.1) is 6.92 Å². The van der Waals surface area contributed by atoms with Gasteiger partial charge in [0, 0.05) is 56.7 Å². The Morgan fingerprint density at radius 3 is 3.03 bits per heavy atom. The van der Waals surface area contributed by atoms with Crippen molar-refractivity contribution in [3.05, 3.63) is 35.6 Å². The number of hydrogen-bond donors (Lipinski definition) is 2. The first kappa shape index (κ1) is 19.7. The highest BCUT2D eigenvalue weighted by atomic mass is 32.2. The van der Waals surface area contributed by atoms with Crippen molar-refractivity contribution in [2.24, 2.45) is 0 Å². The van der Waals surface area contributed by atoms with Gasteiger partial charge in [0.2, 0.25) is 6.41 Å². The summed E-state index contributed by atoms with van der Waals surface area (Å²) in [6.07, 6.45) is 6.43. The Bertz CT molecular complexity index is 953. The molecular weight excluding hydrogens is 390 g/mol. The number of anilines is 1. The summed E-state index contributed by atoms with van der Waals surface area (Å²) in [5.41, 5.74) is 3.03. The van der Waals surface area contributed by atoms with Crippen LogP contribution in [0.2, 0.25) is 0 Å². The first-order chi connectivity index (χ1) is 14.3. The van der Waals surface area contributed by atoms with E-state index in [1.54, 1.807) is 6.33 Å². The lowest BCUT2D eigenvalue weighted by Crippen LogP contribution is -2.32. The number of aromatic amines is 1. The predicted octanol–water partition coefficient (Wildman–Crippen LogP) is 1.90. The summed E-state index contributed by atoms with van der Waals surface area (Å²) in [5.74, 6) is 2.98. The van der Waals surface area contributed by atoms with Crippen LogP contribution in [0.25, 0.3) is 11.0 Å². The summed E-state index contributed by atoms with van der Waals surface area (Å²) in [4.78, 5) is 23.8. The van der Waals surface area contributed by atoms with Gasteiger partial charge in [0.05, 0.1) is 11.1 Å². The molecular formula is C19H25N7O2S. The van der Waals surface area contributed by atoms with Crippen molar-refractivity contribution in [3.63, 3.8) is 0 Å². The molecule has 154 valence electrons. The largest absolute Gasteiger partial charge is 0.361 e. The van der Waals surface area contributed by atoms with E-state index >= 15 is 0 Å². The zero-order valence-electron chi connectivity index (χ0n) is 16.4. The van der Waals surface area contributed by atoms with Gasteiger partial charge < -0.3 is 19.7 Å². The van der Waals surface area contributed by atoms with E-state index in [0.29, 0.717) is 0 Å². The van der Waals surface area contributed by atoms with Gasteiger partial charge in [0.15, 0.2) is 0 Å². The number of hydrogen-bond acceptors (Lipinski definition) is 8. The molecule has 0 aliphatic carbocycles. The third kappa shape index (κ3) is 4.54. The Labute approximate surface area is 173 Å². The van der Waals surface area contributed by atoms with Crippen molar-refractivity contribution < 1.29 is 9.32 Å². The van der Waals surface area contributed by atoms with Crippen molar-refractivity contribution in [2.45, 2.75) is 26.3 Å². The minimum atomic E-state index is 0.747. The maximum Gasteiger partial charge on any atom is 0.207 e. The lowest BCUT2D eigenvalue weighted by Gasteiger charge is -2.28. The minimum absolute atomic E-state index is 0.747. The number of rotatable bonds is 6. The molecule has 0 radical (unpaired) electrons. The highest BCUT2D eigenvalue weighted by molar-refractivity contribution is 7.97. The normalized spacial score (nSPS) is 16.0. The molecule has 0 bridgehead atoms. The second kappa shape index (κ2) is 9.27. The Morgan fingerprint density at radius 1 is 1.34 bits per heavy atom. The molecule has 9 nitrogen and oxygen atoms in total. The fraction of sp³-hybridized carbons (Fsp3) is 0.474. The van der Waals surface area contributed by atoms with Crippen LogP contribution in [0.3, 0.4) is 0 Å². The van der Waals surface area contributed by atoms with Gasteiger partial charge in [-0.3, -0.25) is 9.10 Å². The van der Waals surface area contributed by atoms with Crippen LogP contribution in [0.4, 0.5) is 5.82 Å². The summed E-state index contributed by atoms with van der Waals surface area (Å²) in [6, 6.07) is 2.01. The minimum Gasteiger partial charge on any atom is -0.361 e. The molecule has 0 atom stereocenters. The summed E-state index contributed by atoms with van der Waals surface area (Å²) < 4.78 is 7.64. The molecule has 10 heteroatoms.